The minimum atomic E-state index is -1.22. The molecule has 0 heterocycles. The third-order valence-electron chi connectivity index (χ3n) is 5.08. The standard InChI is InChI=1S/C21H24O6/c1-6-9-21(12-15(22)11-18(27-5)20(21)24)13(2)19(23)14-7-8-16(25-3)17(10-14)26-4/h6-8,10-11,13H,1,9,12H2,2-5H3. The molecule has 2 atom stereocenters. The Hall–Kier alpha value is -2.89. The molecule has 27 heavy (non-hydrogen) atoms. The van der Waals surface area contributed by atoms with Crippen molar-refractivity contribution in [1.29, 1.82) is 0 Å². The molecule has 0 aromatic heterocycles. The maximum absolute atomic E-state index is 13.2. The van der Waals surface area contributed by atoms with Crippen LogP contribution in [0.25, 0.3) is 0 Å². The summed E-state index contributed by atoms with van der Waals surface area (Å²) >= 11 is 0. The number of carbonyl (C=O) groups excluding carboxylic acids is 3. The van der Waals surface area contributed by atoms with Crippen LogP contribution in [0.4, 0.5) is 0 Å². The molecule has 144 valence electrons. The van der Waals surface area contributed by atoms with Crippen LogP contribution in [0, 0.1) is 11.3 Å². The van der Waals surface area contributed by atoms with Gasteiger partial charge in [-0.3, -0.25) is 14.4 Å². The summed E-state index contributed by atoms with van der Waals surface area (Å²) < 4.78 is 15.5. The number of allylic oxidation sites excluding steroid dienone is 3. The van der Waals surface area contributed by atoms with Gasteiger partial charge in [-0.2, -0.15) is 0 Å². The van der Waals surface area contributed by atoms with Gasteiger partial charge in [-0.05, 0) is 24.6 Å². The first-order valence-corrected chi connectivity index (χ1v) is 8.55. The zero-order valence-electron chi connectivity index (χ0n) is 16.0. The van der Waals surface area contributed by atoms with E-state index in [1.807, 2.05) is 0 Å². The van der Waals surface area contributed by atoms with Crippen molar-refractivity contribution in [2.75, 3.05) is 21.3 Å². The second kappa shape index (κ2) is 8.20. The van der Waals surface area contributed by atoms with Gasteiger partial charge in [0.15, 0.2) is 28.8 Å². The molecule has 2 rings (SSSR count). The van der Waals surface area contributed by atoms with Crippen LogP contribution in [-0.2, 0) is 14.3 Å². The average molecular weight is 372 g/mol. The molecule has 0 spiro atoms. The monoisotopic (exact) mass is 372 g/mol. The number of hydrogen-bond donors (Lipinski definition) is 0. The number of carbonyl (C=O) groups is 3. The number of Topliss-reactive ketones (excluding diaryl/α,β-unsaturated/α-hetero) is 2. The zero-order chi connectivity index (χ0) is 20.2. The van der Waals surface area contributed by atoms with Crippen LogP contribution in [0.15, 0.2) is 42.7 Å². The fourth-order valence-corrected chi connectivity index (χ4v) is 3.49. The van der Waals surface area contributed by atoms with Gasteiger partial charge in [0.2, 0.25) is 5.78 Å². The van der Waals surface area contributed by atoms with Crippen molar-refractivity contribution < 1.29 is 28.6 Å². The van der Waals surface area contributed by atoms with Crippen molar-refractivity contribution in [2.24, 2.45) is 11.3 Å². The maximum atomic E-state index is 13.2. The zero-order valence-corrected chi connectivity index (χ0v) is 16.0. The van der Waals surface area contributed by atoms with E-state index in [-0.39, 0.29) is 36.0 Å². The Labute approximate surface area is 158 Å². The van der Waals surface area contributed by atoms with Crippen LogP contribution in [-0.4, -0.2) is 38.7 Å². The Balaban J connectivity index is 2.48. The highest BCUT2D eigenvalue weighted by molar-refractivity contribution is 6.13. The molecule has 0 saturated heterocycles. The third-order valence-corrected chi connectivity index (χ3v) is 5.08. The van der Waals surface area contributed by atoms with Crippen molar-refractivity contribution in [1.82, 2.24) is 0 Å². The maximum Gasteiger partial charge on any atom is 0.205 e. The highest BCUT2D eigenvalue weighted by Gasteiger charge is 2.50. The lowest BCUT2D eigenvalue weighted by Gasteiger charge is -2.38. The molecule has 0 amide bonds. The Bertz CT molecular complexity index is 807. The van der Waals surface area contributed by atoms with Gasteiger partial charge in [0.25, 0.3) is 0 Å². The summed E-state index contributed by atoms with van der Waals surface area (Å²) in [6.07, 6.45) is 2.88. The van der Waals surface area contributed by atoms with Gasteiger partial charge in [0.05, 0.1) is 26.7 Å². The minimum Gasteiger partial charge on any atom is -0.493 e. The Kier molecular flexibility index (Phi) is 6.20. The second-order valence-electron chi connectivity index (χ2n) is 6.49. The first-order chi connectivity index (χ1) is 12.8. The number of ether oxygens (including phenoxy) is 3. The fourth-order valence-electron chi connectivity index (χ4n) is 3.49. The summed E-state index contributed by atoms with van der Waals surface area (Å²) in [4.78, 5) is 38.4. The number of hydrogen-bond acceptors (Lipinski definition) is 6. The van der Waals surface area contributed by atoms with Crippen LogP contribution >= 0.6 is 0 Å². The molecular formula is C21H24O6. The van der Waals surface area contributed by atoms with Crippen molar-refractivity contribution in [2.45, 2.75) is 19.8 Å². The number of ketones is 3. The van der Waals surface area contributed by atoms with Gasteiger partial charge in [-0.25, -0.2) is 0 Å². The molecule has 0 bridgehead atoms. The van der Waals surface area contributed by atoms with E-state index in [0.29, 0.717) is 17.1 Å². The first-order valence-electron chi connectivity index (χ1n) is 8.55. The van der Waals surface area contributed by atoms with E-state index in [1.165, 1.54) is 27.4 Å². The third kappa shape index (κ3) is 3.65. The molecule has 1 aliphatic carbocycles. The molecule has 0 N–H and O–H groups in total. The smallest absolute Gasteiger partial charge is 0.205 e. The van der Waals surface area contributed by atoms with E-state index < -0.39 is 11.3 Å². The fraction of sp³-hybridized carbons (Fsp3) is 0.381. The van der Waals surface area contributed by atoms with E-state index in [9.17, 15) is 14.4 Å². The predicted octanol–water partition coefficient (Wildman–Crippen LogP) is 3.16. The van der Waals surface area contributed by atoms with E-state index >= 15 is 0 Å². The van der Waals surface area contributed by atoms with Crippen LogP contribution in [0.2, 0.25) is 0 Å². The Morgan fingerprint density at radius 3 is 2.41 bits per heavy atom. The van der Waals surface area contributed by atoms with Crippen LogP contribution in [0.1, 0.15) is 30.1 Å². The number of rotatable bonds is 8. The molecule has 6 heteroatoms. The van der Waals surface area contributed by atoms with Crippen LogP contribution in [0.5, 0.6) is 11.5 Å². The average Bonchev–Trinajstić information content (AvgIpc) is 2.68. The van der Waals surface area contributed by atoms with E-state index in [4.69, 9.17) is 14.2 Å². The summed E-state index contributed by atoms with van der Waals surface area (Å²) in [5.74, 6) is -0.751. The van der Waals surface area contributed by atoms with Gasteiger partial charge in [0, 0.05) is 24.0 Å². The van der Waals surface area contributed by atoms with Crippen molar-refractivity contribution >= 4 is 17.3 Å². The molecule has 0 fully saturated rings. The molecule has 0 radical (unpaired) electrons. The van der Waals surface area contributed by atoms with Gasteiger partial charge in [-0.1, -0.05) is 13.0 Å². The largest absolute Gasteiger partial charge is 0.493 e. The summed E-state index contributed by atoms with van der Waals surface area (Å²) in [6, 6.07) is 4.82. The number of methoxy groups -OCH3 is 3. The lowest BCUT2D eigenvalue weighted by Crippen LogP contribution is -2.46. The first kappa shape index (κ1) is 20.4. The topological polar surface area (TPSA) is 78.9 Å². The molecule has 1 aromatic carbocycles. The Morgan fingerprint density at radius 2 is 1.85 bits per heavy atom. The van der Waals surface area contributed by atoms with E-state index in [2.05, 4.69) is 6.58 Å². The summed E-state index contributed by atoms with van der Waals surface area (Å²) in [6.45, 7) is 5.36. The Morgan fingerprint density at radius 1 is 1.19 bits per heavy atom. The predicted molar refractivity (Wildman–Crippen MR) is 100 cm³/mol. The molecule has 0 aliphatic heterocycles. The quantitative estimate of drug-likeness (QED) is 0.515. The summed E-state index contributed by atoms with van der Waals surface area (Å²) in [5.41, 5.74) is -0.847. The molecule has 1 aliphatic rings. The van der Waals surface area contributed by atoms with Crippen molar-refractivity contribution in [3.63, 3.8) is 0 Å². The van der Waals surface area contributed by atoms with Crippen molar-refractivity contribution in [3.8, 4) is 11.5 Å². The summed E-state index contributed by atoms with van der Waals surface area (Å²) in [7, 11) is 4.32. The van der Waals surface area contributed by atoms with E-state index in [1.54, 1.807) is 31.2 Å². The van der Waals surface area contributed by atoms with E-state index in [0.717, 1.165) is 0 Å². The molecule has 6 nitrogen and oxygen atoms in total. The molecule has 0 saturated carbocycles. The normalized spacial score (nSPS) is 20.5. The molecule has 2 unspecified atom stereocenters. The summed E-state index contributed by atoms with van der Waals surface area (Å²) in [5, 5.41) is 0. The van der Waals surface area contributed by atoms with Crippen molar-refractivity contribution in [3.05, 3.63) is 48.3 Å². The van der Waals surface area contributed by atoms with Gasteiger partial charge in [-0.15, -0.1) is 6.58 Å². The minimum absolute atomic E-state index is 0.0277. The lowest BCUT2D eigenvalue weighted by molar-refractivity contribution is -0.136. The molecular weight excluding hydrogens is 348 g/mol. The van der Waals surface area contributed by atoms with Crippen LogP contribution in [0.3, 0.4) is 0 Å². The van der Waals surface area contributed by atoms with Gasteiger partial charge in [0.1, 0.15) is 0 Å². The van der Waals surface area contributed by atoms with Crippen LogP contribution < -0.4 is 9.47 Å². The van der Waals surface area contributed by atoms with Gasteiger partial charge < -0.3 is 14.2 Å². The SMILES string of the molecule is C=CCC1(C(C)C(=O)c2ccc(OC)c(OC)c2)CC(=O)C=C(OC)C1=O. The van der Waals surface area contributed by atoms with Gasteiger partial charge >= 0.3 is 0 Å². The second-order valence-corrected chi connectivity index (χ2v) is 6.49. The molecule has 1 aromatic rings. The number of benzene rings is 1. The highest BCUT2D eigenvalue weighted by atomic mass is 16.5. The highest BCUT2D eigenvalue weighted by Crippen LogP contribution is 2.44. The lowest BCUT2D eigenvalue weighted by atomic mass is 9.63.